The maximum atomic E-state index is 10.9. The van der Waals surface area contributed by atoms with E-state index in [9.17, 15) is 4.79 Å². The molecule has 0 aromatic heterocycles. The van der Waals surface area contributed by atoms with Gasteiger partial charge in [-0.2, -0.15) is 0 Å². The molecule has 66 valence electrons. The van der Waals surface area contributed by atoms with E-state index in [0.29, 0.717) is 11.2 Å². The Bertz CT molecular complexity index is 121. The van der Waals surface area contributed by atoms with Crippen LogP contribution in [0.5, 0.6) is 0 Å². The van der Waals surface area contributed by atoms with Gasteiger partial charge in [-0.1, -0.05) is 22.9 Å². The van der Waals surface area contributed by atoms with Crippen LogP contribution in [0.3, 0.4) is 0 Å². The van der Waals surface area contributed by atoms with Gasteiger partial charge >= 0.3 is 5.97 Å². The van der Waals surface area contributed by atoms with Gasteiger partial charge in [0.2, 0.25) is 0 Å². The van der Waals surface area contributed by atoms with Gasteiger partial charge in [0.05, 0.1) is 6.10 Å². The zero-order chi connectivity index (χ0) is 8.85. The van der Waals surface area contributed by atoms with E-state index in [4.69, 9.17) is 4.74 Å². The van der Waals surface area contributed by atoms with Crippen LogP contribution in [-0.4, -0.2) is 16.9 Å². The molecule has 0 aliphatic heterocycles. The Balaban J connectivity index is 3.38. The van der Waals surface area contributed by atoms with Crippen LogP contribution in [0.15, 0.2) is 0 Å². The first-order valence-electron chi connectivity index (χ1n) is 3.86. The molecule has 0 fully saturated rings. The number of esters is 1. The first kappa shape index (κ1) is 11.0. The highest BCUT2D eigenvalue weighted by atomic mass is 79.9. The van der Waals surface area contributed by atoms with Gasteiger partial charge in [0.1, 0.15) is 0 Å². The molecule has 0 amide bonds. The molecule has 11 heavy (non-hydrogen) atoms. The third-order valence-corrected chi connectivity index (χ3v) is 1.57. The average molecular weight is 223 g/mol. The zero-order valence-electron chi connectivity index (χ0n) is 7.26. The smallest absolute Gasteiger partial charge is 0.306 e. The Hall–Kier alpha value is -0.0500. The summed E-state index contributed by atoms with van der Waals surface area (Å²) in [5.41, 5.74) is 0. The number of hydrogen-bond donors (Lipinski definition) is 0. The molecule has 0 radical (unpaired) electrons. The summed E-state index contributed by atoms with van der Waals surface area (Å²) >= 11 is 3.36. The van der Waals surface area contributed by atoms with E-state index >= 15 is 0 Å². The molecule has 2 nitrogen and oxygen atoms in total. The van der Waals surface area contributed by atoms with Crippen LogP contribution < -0.4 is 0 Å². The predicted octanol–water partition coefficient (Wildman–Crippen LogP) is 2.50. The number of hydrogen-bond acceptors (Lipinski definition) is 2. The van der Waals surface area contributed by atoms with E-state index in [0.717, 1.165) is 6.42 Å². The van der Waals surface area contributed by atoms with Crippen molar-refractivity contribution >= 4 is 21.9 Å². The fourth-order valence-corrected chi connectivity index (χ4v) is 0.867. The van der Waals surface area contributed by atoms with E-state index in [1.54, 1.807) is 0 Å². The Labute approximate surface area is 76.4 Å². The Morgan fingerprint density at radius 1 is 1.45 bits per heavy atom. The number of ether oxygens (including phenoxy) is 1. The molecular formula is C8H15BrO2. The minimum atomic E-state index is -0.105. The van der Waals surface area contributed by atoms with Gasteiger partial charge < -0.3 is 4.74 Å². The summed E-state index contributed by atoms with van der Waals surface area (Å²) in [7, 11) is 0. The molecule has 0 aliphatic rings. The minimum absolute atomic E-state index is 0.00753. The quantitative estimate of drug-likeness (QED) is 0.540. The van der Waals surface area contributed by atoms with Crippen molar-refractivity contribution in [1.29, 1.82) is 0 Å². The van der Waals surface area contributed by atoms with Crippen LogP contribution in [-0.2, 0) is 9.53 Å². The molecule has 0 saturated heterocycles. The maximum absolute atomic E-state index is 10.9. The summed E-state index contributed by atoms with van der Waals surface area (Å²) in [5.74, 6) is -0.105. The van der Waals surface area contributed by atoms with E-state index < -0.39 is 0 Å². The molecule has 0 aromatic rings. The summed E-state index contributed by atoms with van der Waals surface area (Å²) in [4.78, 5) is 11.3. The molecule has 0 bridgehead atoms. The van der Waals surface area contributed by atoms with E-state index in [1.807, 2.05) is 20.8 Å². The first-order chi connectivity index (χ1) is 5.02. The van der Waals surface area contributed by atoms with Crippen molar-refractivity contribution in [2.24, 2.45) is 0 Å². The Morgan fingerprint density at radius 2 is 2.00 bits per heavy atom. The molecule has 3 heteroatoms. The third-order valence-electron chi connectivity index (χ3n) is 1.11. The van der Waals surface area contributed by atoms with Gasteiger partial charge in [-0.25, -0.2) is 0 Å². The van der Waals surface area contributed by atoms with Gasteiger partial charge in [-0.3, -0.25) is 4.79 Å². The third kappa shape index (κ3) is 7.85. The lowest BCUT2D eigenvalue weighted by Gasteiger charge is -2.07. The van der Waals surface area contributed by atoms with Gasteiger partial charge in [0.25, 0.3) is 0 Å². The van der Waals surface area contributed by atoms with Crippen molar-refractivity contribution in [3.63, 3.8) is 0 Å². The lowest BCUT2D eigenvalue weighted by Crippen LogP contribution is -2.12. The minimum Gasteiger partial charge on any atom is -0.463 e. The Morgan fingerprint density at radius 3 is 2.36 bits per heavy atom. The van der Waals surface area contributed by atoms with Crippen molar-refractivity contribution in [3.8, 4) is 0 Å². The van der Waals surface area contributed by atoms with Crippen molar-refractivity contribution in [2.45, 2.75) is 44.5 Å². The van der Waals surface area contributed by atoms with Gasteiger partial charge in [0.15, 0.2) is 0 Å². The number of carbonyl (C=O) groups excluding carboxylic acids is 1. The SMILES string of the molecule is CC(Br)CCC(=O)OC(C)C. The normalized spacial score (nSPS) is 13.2. The number of halogens is 1. The van der Waals surface area contributed by atoms with Crippen LogP contribution in [0.2, 0.25) is 0 Å². The standard InChI is InChI=1S/C8H15BrO2/c1-6(2)11-8(10)5-4-7(3)9/h6-7H,4-5H2,1-3H3. The second kappa shape index (κ2) is 5.58. The van der Waals surface area contributed by atoms with Crippen LogP contribution in [0.4, 0.5) is 0 Å². The first-order valence-corrected chi connectivity index (χ1v) is 4.77. The van der Waals surface area contributed by atoms with E-state index in [2.05, 4.69) is 15.9 Å². The fourth-order valence-electron chi connectivity index (χ4n) is 0.639. The highest BCUT2D eigenvalue weighted by Crippen LogP contribution is 2.07. The topological polar surface area (TPSA) is 26.3 Å². The molecule has 0 aliphatic carbocycles. The number of rotatable bonds is 4. The van der Waals surface area contributed by atoms with Crippen molar-refractivity contribution in [1.82, 2.24) is 0 Å². The summed E-state index contributed by atoms with van der Waals surface area (Å²) in [6.45, 7) is 5.73. The molecule has 1 unspecified atom stereocenters. The second-order valence-electron chi connectivity index (χ2n) is 2.86. The maximum Gasteiger partial charge on any atom is 0.306 e. The van der Waals surface area contributed by atoms with Gasteiger partial charge in [-0.15, -0.1) is 0 Å². The molecule has 1 atom stereocenters. The number of carbonyl (C=O) groups is 1. The van der Waals surface area contributed by atoms with Crippen molar-refractivity contribution in [3.05, 3.63) is 0 Å². The van der Waals surface area contributed by atoms with Crippen LogP contribution in [0, 0.1) is 0 Å². The van der Waals surface area contributed by atoms with Crippen LogP contribution in [0.25, 0.3) is 0 Å². The highest BCUT2D eigenvalue weighted by molar-refractivity contribution is 9.09. The van der Waals surface area contributed by atoms with Crippen LogP contribution >= 0.6 is 15.9 Å². The van der Waals surface area contributed by atoms with Crippen LogP contribution in [0.1, 0.15) is 33.6 Å². The molecular weight excluding hydrogens is 208 g/mol. The molecule has 0 N–H and O–H groups in total. The van der Waals surface area contributed by atoms with Crippen molar-refractivity contribution < 1.29 is 9.53 Å². The second-order valence-corrected chi connectivity index (χ2v) is 4.42. The largest absolute Gasteiger partial charge is 0.463 e. The lowest BCUT2D eigenvalue weighted by atomic mass is 10.2. The highest BCUT2D eigenvalue weighted by Gasteiger charge is 2.06. The summed E-state index contributed by atoms with van der Waals surface area (Å²) in [6, 6.07) is 0. The van der Waals surface area contributed by atoms with Crippen molar-refractivity contribution in [2.75, 3.05) is 0 Å². The summed E-state index contributed by atoms with van der Waals surface area (Å²) < 4.78 is 4.94. The monoisotopic (exact) mass is 222 g/mol. The molecule has 0 aromatic carbocycles. The zero-order valence-corrected chi connectivity index (χ0v) is 8.85. The summed E-state index contributed by atoms with van der Waals surface area (Å²) in [5, 5.41) is 0. The predicted molar refractivity (Wildman–Crippen MR) is 48.9 cm³/mol. The van der Waals surface area contributed by atoms with Gasteiger partial charge in [-0.05, 0) is 20.3 Å². The fraction of sp³-hybridized carbons (Fsp3) is 0.875. The molecule has 0 saturated carbocycles. The molecule has 0 heterocycles. The van der Waals surface area contributed by atoms with Gasteiger partial charge in [0, 0.05) is 11.2 Å². The van der Waals surface area contributed by atoms with E-state index in [-0.39, 0.29) is 12.1 Å². The summed E-state index contributed by atoms with van der Waals surface area (Å²) in [6.07, 6.45) is 1.35. The number of alkyl halides is 1. The van der Waals surface area contributed by atoms with E-state index in [1.165, 1.54) is 0 Å². The molecule has 0 spiro atoms. The Kier molecular flexibility index (Phi) is 5.56. The lowest BCUT2D eigenvalue weighted by molar-refractivity contribution is -0.147. The molecule has 0 rings (SSSR count). The average Bonchev–Trinajstić information content (AvgIpc) is 1.82.